The molecule has 31 heavy (non-hydrogen) atoms. The number of benzene rings is 1. The second-order valence-corrected chi connectivity index (χ2v) is 8.10. The molecule has 0 bridgehead atoms. The van der Waals surface area contributed by atoms with Gasteiger partial charge in [0.15, 0.2) is 12.4 Å². The number of ether oxygens (including phenoxy) is 4. The maximum absolute atomic E-state index is 11.9. The molecule has 0 aliphatic rings. The van der Waals surface area contributed by atoms with Crippen LogP contribution in [0.25, 0.3) is 0 Å². The number of ketones is 1. The summed E-state index contributed by atoms with van der Waals surface area (Å²) >= 11 is 0. The highest BCUT2D eigenvalue weighted by Crippen LogP contribution is 2.15. The van der Waals surface area contributed by atoms with Crippen LogP contribution in [0.2, 0.25) is 0 Å². The number of carbonyl (C=O) groups excluding carboxylic acids is 3. The topological polar surface area (TPSA) is 108 Å². The predicted molar refractivity (Wildman–Crippen MR) is 114 cm³/mol. The number of Topliss-reactive ketones (excluding diaryl/α,β-unsaturated/α-hetero) is 1. The molecule has 0 heterocycles. The molecule has 8 nitrogen and oxygen atoms in total. The van der Waals surface area contributed by atoms with Gasteiger partial charge in [0.1, 0.15) is 18.5 Å². The first kappa shape index (κ1) is 26.6. The quantitative estimate of drug-likeness (QED) is 0.349. The summed E-state index contributed by atoms with van der Waals surface area (Å²) in [4.78, 5) is 35.1. The van der Waals surface area contributed by atoms with E-state index < -0.39 is 12.1 Å². The van der Waals surface area contributed by atoms with Crippen LogP contribution in [0.1, 0.15) is 45.0 Å². The average Bonchev–Trinajstić information content (AvgIpc) is 2.74. The zero-order valence-corrected chi connectivity index (χ0v) is 19.0. The summed E-state index contributed by atoms with van der Waals surface area (Å²) in [7, 11) is 0. The Kier molecular flexibility index (Phi) is 11.8. The van der Waals surface area contributed by atoms with Crippen LogP contribution in [0, 0.1) is 17.8 Å². The number of carbonyl (C=O) groups is 3. The molecule has 0 saturated heterocycles. The molecular formula is C23H34O8. The van der Waals surface area contributed by atoms with Crippen molar-refractivity contribution in [3.05, 3.63) is 29.8 Å². The van der Waals surface area contributed by atoms with Gasteiger partial charge < -0.3 is 24.1 Å². The molecule has 2 atom stereocenters. The van der Waals surface area contributed by atoms with Gasteiger partial charge in [-0.2, -0.15) is 0 Å². The van der Waals surface area contributed by atoms with Crippen LogP contribution >= 0.6 is 0 Å². The molecule has 0 amide bonds. The Labute approximate surface area is 183 Å². The van der Waals surface area contributed by atoms with E-state index in [-0.39, 0.29) is 62.5 Å². The second kappa shape index (κ2) is 13.8. The van der Waals surface area contributed by atoms with Gasteiger partial charge in [-0.15, -0.1) is 0 Å². The van der Waals surface area contributed by atoms with Gasteiger partial charge in [0, 0.05) is 17.4 Å². The summed E-state index contributed by atoms with van der Waals surface area (Å²) in [6.45, 7) is 9.00. The molecule has 0 aromatic heterocycles. The van der Waals surface area contributed by atoms with E-state index in [4.69, 9.17) is 18.9 Å². The molecule has 0 aliphatic heterocycles. The molecule has 1 aromatic carbocycles. The number of hydrogen-bond acceptors (Lipinski definition) is 8. The van der Waals surface area contributed by atoms with Crippen molar-refractivity contribution in [3.63, 3.8) is 0 Å². The Balaban J connectivity index is 2.20. The number of esters is 2. The first-order valence-electron chi connectivity index (χ1n) is 10.4. The average molecular weight is 439 g/mol. The molecule has 1 rings (SSSR count). The molecule has 0 spiro atoms. The van der Waals surface area contributed by atoms with Gasteiger partial charge in [-0.1, -0.05) is 34.6 Å². The summed E-state index contributed by atoms with van der Waals surface area (Å²) in [5.74, 6) is -0.794. The lowest BCUT2D eigenvalue weighted by atomic mass is 10.0. The standard InChI is InChI=1S/C23H34O8/c1-15(2)22(26)18-6-8-20(9-7-18)29-14-21(25)30-11-17(5)10-28-12-19(24)13-31-23(27)16(3)4/h6-9,15-17,19,24H,10-14H2,1-5H3. The normalized spacial score (nSPS) is 13.0. The Bertz CT molecular complexity index is 696. The molecule has 174 valence electrons. The van der Waals surface area contributed by atoms with Gasteiger partial charge in [0.25, 0.3) is 0 Å². The van der Waals surface area contributed by atoms with Crippen LogP contribution < -0.4 is 4.74 Å². The van der Waals surface area contributed by atoms with E-state index in [1.54, 1.807) is 38.1 Å². The minimum atomic E-state index is -0.909. The first-order chi connectivity index (χ1) is 14.6. The highest BCUT2D eigenvalue weighted by Gasteiger charge is 2.14. The maximum atomic E-state index is 11.9. The van der Waals surface area contributed by atoms with Gasteiger partial charge in [0.05, 0.1) is 25.7 Å². The van der Waals surface area contributed by atoms with Gasteiger partial charge in [-0.05, 0) is 24.3 Å². The number of aliphatic hydroxyl groups is 1. The summed E-state index contributed by atoms with van der Waals surface area (Å²) in [6, 6.07) is 6.62. The Morgan fingerprint density at radius 1 is 0.839 bits per heavy atom. The molecule has 1 aromatic rings. The monoisotopic (exact) mass is 438 g/mol. The third-order valence-corrected chi connectivity index (χ3v) is 4.15. The Morgan fingerprint density at radius 2 is 1.48 bits per heavy atom. The van der Waals surface area contributed by atoms with Crippen LogP contribution in [-0.2, 0) is 23.8 Å². The van der Waals surface area contributed by atoms with Gasteiger partial charge in [-0.25, -0.2) is 4.79 Å². The Morgan fingerprint density at radius 3 is 2.06 bits per heavy atom. The van der Waals surface area contributed by atoms with Crippen LogP contribution in [0.3, 0.4) is 0 Å². The SMILES string of the molecule is CC(COCC(O)COC(=O)C(C)C)COC(=O)COc1ccc(C(=O)C(C)C)cc1. The van der Waals surface area contributed by atoms with Crippen LogP contribution in [-0.4, -0.2) is 62.0 Å². The zero-order chi connectivity index (χ0) is 23.4. The second-order valence-electron chi connectivity index (χ2n) is 8.10. The van der Waals surface area contributed by atoms with E-state index in [9.17, 15) is 19.5 Å². The predicted octanol–water partition coefficient (Wildman–Crippen LogP) is 2.66. The van der Waals surface area contributed by atoms with Crippen molar-refractivity contribution in [2.75, 3.05) is 33.0 Å². The fraction of sp³-hybridized carbons (Fsp3) is 0.609. The fourth-order valence-corrected chi connectivity index (χ4v) is 2.31. The third kappa shape index (κ3) is 10.9. The number of rotatable bonds is 14. The summed E-state index contributed by atoms with van der Waals surface area (Å²) < 4.78 is 20.8. The highest BCUT2D eigenvalue weighted by molar-refractivity contribution is 5.97. The minimum Gasteiger partial charge on any atom is -0.482 e. The van der Waals surface area contributed by atoms with Crippen molar-refractivity contribution < 1.29 is 38.4 Å². The van der Waals surface area contributed by atoms with Gasteiger partial charge in [-0.3, -0.25) is 9.59 Å². The highest BCUT2D eigenvalue weighted by atomic mass is 16.6. The largest absolute Gasteiger partial charge is 0.482 e. The van der Waals surface area contributed by atoms with Crippen molar-refractivity contribution in [1.82, 2.24) is 0 Å². The lowest BCUT2D eigenvalue weighted by molar-refractivity contribution is -0.151. The Hall–Kier alpha value is -2.45. The van der Waals surface area contributed by atoms with Gasteiger partial charge >= 0.3 is 11.9 Å². The van der Waals surface area contributed by atoms with Crippen molar-refractivity contribution in [1.29, 1.82) is 0 Å². The molecule has 1 N–H and O–H groups in total. The number of hydrogen-bond donors (Lipinski definition) is 1. The lowest BCUT2D eigenvalue weighted by Crippen LogP contribution is -2.27. The van der Waals surface area contributed by atoms with Crippen LogP contribution in [0.5, 0.6) is 5.75 Å². The van der Waals surface area contributed by atoms with E-state index in [1.807, 2.05) is 20.8 Å². The zero-order valence-electron chi connectivity index (χ0n) is 19.0. The molecule has 2 unspecified atom stereocenters. The number of aliphatic hydroxyl groups excluding tert-OH is 1. The van der Waals surface area contributed by atoms with Crippen molar-refractivity contribution in [2.45, 2.75) is 40.7 Å². The molecule has 0 saturated carbocycles. The van der Waals surface area contributed by atoms with Crippen molar-refractivity contribution in [3.8, 4) is 5.75 Å². The van der Waals surface area contributed by atoms with E-state index in [2.05, 4.69) is 0 Å². The summed E-state index contributed by atoms with van der Waals surface area (Å²) in [5.41, 5.74) is 0.599. The first-order valence-corrected chi connectivity index (χ1v) is 10.4. The van der Waals surface area contributed by atoms with Crippen molar-refractivity contribution >= 4 is 17.7 Å². The summed E-state index contributed by atoms with van der Waals surface area (Å²) in [5, 5.41) is 9.74. The molecular weight excluding hydrogens is 404 g/mol. The smallest absolute Gasteiger partial charge is 0.344 e. The fourth-order valence-electron chi connectivity index (χ4n) is 2.31. The summed E-state index contributed by atoms with van der Waals surface area (Å²) in [6.07, 6.45) is -0.909. The molecule has 0 fully saturated rings. The van der Waals surface area contributed by atoms with Crippen LogP contribution in [0.15, 0.2) is 24.3 Å². The molecule has 0 aliphatic carbocycles. The maximum Gasteiger partial charge on any atom is 0.344 e. The lowest BCUT2D eigenvalue weighted by Gasteiger charge is -2.16. The van der Waals surface area contributed by atoms with E-state index >= 15 is 0 Å². The van der Waals surface area contributed by atoms with Gasteiger partial charge in [0.2, 0.25) is 0 Å². The molecule has 0 radical (unpaired) electrons. The van der Waals surface area contributed by atoms with E-state index in [0.717, 1.165) is 0 Å². The van der Waals surface area contributed by atoms with Crippen LogP contribution in [0.4, 0.5) is 0 Å². The molecule has 8 heteroatoms. The van der Waals surface area contributed by atoms with Crippen molar-refractivity contribution in [2.24, 2.45) is 17.8 Å². The van der Waals surface area contributed by atoms with E-state index in [0.29, 0.717) is 11.3 Å². The third-order valence-electron chi connectivity index (χ3n) is 4.15. The minimum absolute atomic E-state index is 0.0160. The van der Waals surface area contributed by atoms with E-state index in [1.165, 1.54) is 0 Å².